The van der Waals surface area contributed by atoms with Crippen LogP contribution in [0.3, 0.4) is 0 Å². The molecule has 0 saturated heterocycles. The third-order valence-electron chi connectivity index (χ3n) is 5.46. The fourth-order valence-electron chi connectivity index (χ4n) is 3.64. The second-order valence-corrected chi connectivity index (χ2v) is 8.12. The number of carboxylic acids is 1. The monoisotopic (exact) mass is 402 g/mol. The molecule has 1 atom stereocenters. The Balaban J connectivity index is 2.22. The van der Waals surface area contributed by atoms with Gasteiger partial charge in [-0.2, -0.15) is 0 Å². The van der Waals surface area contributed by atoms with Gasteiger partial charge in [-0.15, -0.1) is 0 Å². The summed E-state index contributed by atoms with van der Waals surface area (Å²) in [7, 11) is 0. The van der Waals surface area contributed by atoms with Crippen LogP contribution in [-0.2, 0) is 4.79 Å². The predicted octanol–water partition coefficient (Wildman–Crippen LogP) is 8.03. The lowest BCUT2D eigenvalue weighted by Gasteiger charge is -2.19. The Morgan fingerprint density at radius 3 is 1.93 bits per heavy atom. The van der Waals surface area contributed by atoms with Crippen molar-refractivity contribution >= 4 is 12.0 Å². The van der Waals surface area contributed by atoms with Gasteiger partial charge in [0.05, 0.1) is 6.10 Å². The first-order valence-electron chi connectivity index (χ1n) is 11.8. The number of carboxylic acid groups (broad SMARTS) is 1. The van der Waals surface area contributed by atoms with Crippen molar-refractivity contribution in [3.8, 4) is 5.75 Å². The molecule has 0 aromatic heterocycles. The van der Waals surface area contributed by atoms with E-state index in [-0.39, 0.29) is 0 Å². The molecule has 0 aliphatic carbocycles. The number of hydrogen-bond acceptors (Lipinski definition) is 2. The summed E-state index contributed by atoms with van der Waals surface area (Å²) >= 11 is 0. The van der Waals surface area contributed by atoms with E-state index in [2.05, 4.69) is 37.8 Å². The zero-order valence-corrected chi connectivity index (χ0v) is 18.5. The van der Waals surface area contributed by atoms with Crippen LogP contribution < -0.4 is 4.74 Å². The molecule has 0 fully saturated rings. The topological polar surface area (TPSA) is 46.5 Å². The van der Waals surface area contributed by atoms with Crippen LogP contribution in [0.1, 0.15) is 109 Å². The van der Waals surface area contributed by atoms with Gasteiger partial charge in [0.25, 0.3) is 0 Å². The summed E-state index contributed by atoms with van der Waals surface area (Å²) in [5, 5.41) is 8.64. The summed E-state index contributed by atoms with van der Waals surface area (Å²) in [6.45, 7) is 6.06. The second kappa shape index (κ2) is 17.1. The molecule has 29 heavy (non-hydrogen) atoms. The first kappa shape index (κ1) is 25.3. The van der Waals surface area contributed by atoms with Crippen LogP contribution in [0.5, 0.6) is 5.75 Å². The van der Waals surface area contributed by atoms with E-state index >= 15 is 0 Å². The van der Waals surface area contributed by atoms with Crippen molar-refractivity contribution in [1.82, 2.24) is 0 Å². The lowest BCUT2D eigenvalue weighted by Crippen LogP contribution is -2.16. The molecule has 0 saturated carbocycles. The van der Waals surface area contributed by atoms with Crippen LogP contribution in [-0.4, -0.2) is 17.2 Å². The lowest BCUT2D eigenvalue weighted by atomic mass is 10.0. The molecule has 1 aromatic carbocycles. The summed E-state index contributed by atoms with van der Waals surface area (Å²) in [6, 6.07) is 8.24. The average Bonchev–Trinajstić information content (AvgIpc) is 2.72. The first-order valence-corrected chi connectivity index (χ1v) is 11.8. The van der Waals surface area contributed by atoms with E-state index in [9.17, 15) is 4.79 Å². The Kier molecular flexibility index (Phi) is 14.9. The summed E-state index contributed by atoms with van der Waals surface area (Å²) in [4.78, 5) is 10.5. The molecule has 164 valence electrons. The Hall–Kier alpha value is -1.77. The van der Waals surface area contributed by atoms with E-state index in [0.717, 1.165) is 43.4 Å². The normalized spacial score (nSPS) is 11.9. The average molecular weight is 403 g/mol. The molecular weight excluding hydrogens is 360 g/mol. The summed E-state index contributed by atoms with van der Waals surface area (Å²) in [5.74, 6) is 0.297. The Morgan fingerprint density at radius 1 is 0.897 bits per heavy atom. The number of aliphatic carboxylic acids is 1. The van der Waals surface area contributed by atoms with Crippen LogP contribution in [0.2, 0.25) is 0 Å². The maximum Gasteiger partial charge on any atom is 0.303 e. The van der Waals surface area contributed by atoms with Gasteiger partial charge in [-0.05, 0) is 49.8 Å². The quantitative estimate of drug-likeness (QED) is 0.238. The highest BCUT2D eigenvalue weighted by Crippen LogP contribution is 2.21. The number of hydrogen-bond donors (Lipinski definition) is 1. The number of benzene rings is 1. The first-order chi connectivity index (χ1) is 14.2. The van der Waals surface area contributed by atoms with Crippen LogP contribution in [0, 0.1) is 0 Å². The highest BCUT2D eigenvalue weighted by molar-refractivity contribution is 5.66. The fourth-order valence-corrected chi connectivity index (χ4v) is 3.64. The molecule has 3 nitrogen and oxygen atoms in total. The van der Waals surface area contributed by atoms with Gasteiger partial charge in [-0.3, -0.25) is 4.79 Å². The molecule has 0 amide bonds. The molecular formula is C26H42O3. The van der Waals surface area contributed by atoms with Gasteiger partial charge in [-0.25, -0.2) is 0 Å². The number of unbranched alkanes of at least 4 members (excludes halogenated alkanes) is 10. The third kappa shape index (κ3) is 13.9. The molecule has 0 radical (unpaired) electrons. The van der Waals surface area contributed by atoms with Crippen LogP contribution in [0.25, 0.3) is 6.08 Å². The van der Waals surface area contributed by atoms with Gasteiger partial charge in [0.15, 0.2) is 0 Å². The fraction of sp³-hybridized carbons (Fsp3) is 0.654. The minimum atomic E-state index is -0.673. The molecule has 0 spiro atoms. The van der Waals surface area contributed by atoms with Crippen molar-refractivity contribution in [3.05, 3.63) is 36.4 Å². The Labute approximate surface area is 178 Å². The van der Waals surface area contributed by atoms with E-state index in [1.165, 1.54) is 57.8 Å². The zero-order valence-electron chi connectivity index (χ0n) is 18.5. The predicted molar refractivity (Wildman–Crippen MR) is 124 cm³/mol. The van der Waals surface area contributed by atoms with Crippen molar-refractivity contribution in [2.75, 3.05) is 0 Å². The SMILES string of the molecule is C=Cc1ccc(OC(CCCCCC)CCCCCCCCCCC(=O)O)cc1. The molecule has 1 N–H and O–H groups in total. The smallest absolute Gasteiger partial charge is 0.303 e. The molecule has 1 unspecified atom stereocenters. The second-order valence-electron chi connectivity index (χ2n) is 8.12. The largest absolute Gasteiger partial charge is 0.490 e. The molecule has 0 heterocycles. The highest BCUT2D eigenvalue weighted by atomic mass is 16.5. The van der Waals surface area contributed by atoms with Crippen molar-refractivity contribution in [2.45, 2.75) is 109 Å². The van der Waals surface area contributed by atoms with Gasteiger partial charge in [0.1, 0.15) is 5.75 Å². The van der Waals surface area contributed by atoms with Crippen LogP contribution in [0.15, 0.2) is 30.8 Å². The van der Waals surface area contributed by atoms with Crippen molar-refractivity contribution in [2.24, 2.45) is 0 Å². The standard InChI is InChI=1S/C26H42O3/c1-3-5-6-13-16-24(29-25-21-19-23(4-2)20-22-25)17-14-11-9-7-8-10-12-15-18-26(27)28/h4,19-22,24H,2-3,5-18H2,1H3,(H,27,28). The van der Waals surface area contributed by atoms with Gasteiger partial charge in [0.2, 0.25) is 0 Å². The molecule has 0 aliphatic heterocycles. The van der Waals surface area contributed by atoms with E-state index < -0.39 is 5.97 Å². The summed E-state index contributed by atoms with van der Waals surface area (Å²) < 4.78 is 6.30. The molecule has 3 heteroatoms. The van der Waals surface area contributed by atoms with Crippen molar-refractivity contribution in [1.29, 1.82) is 0 Å². The summed E-state index contributed by atoms with van der Waals surface area (Å²) in [5.41, 5.74) is 1.12. The van der Waals surface area contributed by atoms with Crippen LogP contribution in [0.4, 0.5) is 0 Å². The van der Waals surface area contributed by atoms with Gasteiger partial charge in [-0.1, -0.05) is 89.5 Å². The van der Waals surface area contributed by atoms with E-state index in [1.54, 1.807) is 0 Å². The Morgan fingerprint density at radius 2 is 1.41 bits per heavy atom. The molecule has 1 rings (SSSR count). The van der Waals surface area contributed by atoms with E-state index in [1.807, 2.05) is 6.08 Å². The molecule has 1 aromatic rings. The number of rotatable bonds is 19. The van der Waals surface area contributed by atoms with Crippen molar-refractivity contribution < 1.29 is 14.6 Å². The Bertz CT molecular complexity index is 535. The van der Waals surface area contributed by atoms with Gasteiger partial charge >= 0.3 is 5.97 Å². The highest BCUT2D eigenvalue weighted by Gasteiger charge is 2.10. The summed E-state index contributed by atoms with van der Waals surface area (Å²) in [6.07, 6.45) is 19.2. The van der Waals surface area contributed by atoms with Gasteiger partial charge < -0.3 is 9.84 Å². The lowest BCUT2D eigenvalue weighted by molar-refractivity contribution is -0.137. The molecule has 0 bridgehead atoms. The minimum absolute atomic E-state index is 0.315. The third-order valence-corrected chi connectivity index (χ3v) is 5.46. The van der Waals surface area contributed by atoms with Crippen molar-refractivity contribution in [3.63, 3.8) is 0 Å². The van der Waals surface area contributed by atoms with Crippen LogP contribution >= 0.6 is 0 Å². The zero-order chi connectivity index (χ0) is 21.2. The number of ether oxygens (including phenoxy) is 1. The minimum Gasteiger partial charge on any atom is -0.490 e. The van der Waals surface area contributed by atoms with E-state index in [4.69, 9.17) is 9.84 Å². The van der Waals surface area contributed by atoms with E-state index in [0.29, 0.717) is 12.5 Å². The maximum absolute atomic E-state index is 10.5. The number of carbonyl (C=O) groups is 1. The molecule has 0 aliphatic rings. The maximum atomic E-state index is 10.5. The van der Waals surface area contributed by atoms with Gasteiger partial charge in [0, 0.05) is 6.42 Å².